The molecule has 3 aliphatic heterocycles. The van der Waals surface area contributed by atoms with Gasteiger partial charge in [-0.15, -0.1) is 11.8 Å². The second-order valence-electron chi connectivity index (χ2n) is 15.7. The van der Waals surface area contributed by atoms with E-state index in [0.29, 0.717) is 42.5 Å². The third-order valence-electron chi connectivity index (χ3n) is 11.8. The molecular weight excluding hydrogens is 745 g/mol. The van der Waals surface area contributed by atoms with Crippen LogP contribution in [0, 0.1) is 11.8 Å². The lowest BCUT2D eigenvalue weighted by Crippen LogP contribution is -2.58. The summed E-state index contributed by atoms with van der Waals surface area (Å²) >= 11 is 1.43. The first-order chi connectivity index (χ1) is 28.4. The second-order valence-corrected chi connectivity index (χ2v) is 17.2. The quantitative estimate of drug-likeness (QED) is 0.0578. The molecule has 0 N–H and O–H groups in total. The fraction of sp³-hybridized carbons (Fsp3) is 0.449. The van der Waals surface area contributed by atoms with E-state index in [0.717, 1.165) is 74.8 Å². The lowest BCUT2D eigenvalue weighted by molar-refractivity contribution is -0.132. The summed E-state index contributed by atoms with van der Waals surface area (Å²) in [7, 11) is 0. The van der Waals surface area contributed by atoms with Crippen LogP contribution in [0.1, 0.15) is 109 Å². The van der Waals surface area contributed by atoms with E-state index in [1.54, 1.807) is 17.0 Å². The Hall–Kier alpha value is -4.76. The van der Waals surface area contributed by atoms with Gasteiger partial charge in [-0.25, -0.2) is 4.90 Å². The number of imide groups is 1. The lowest BCUT2D eigenvalue weighted by Gasteiger charge is -2.43. The molecule has 2 bridgehead atoms. The molecule has 2 unspecified atom stereocenters. The highest BCUT2D eigenvalue weighted by atomic mass is 32.2. The molecule has 4 aromatic rings. The van der Waals surface area contributed by atoms with Gasteiger partial charge in [0.1, 0.15) is 26.9 Å². The molecule has 8 nitrogen and oxygen atoms in total. The smallest absolute Gasteiger partial charge is 0.250 e. The maximum atomic E-state index is 15.7. The summed E-state index contributed by atoms with van der Waals surface area (Å²) in [6.07, 6.45) is 13.2. The van der Waals surface area contributed by atoms with E-state index in [9.17, 15) is 4.79 Å². The van der Waals surface area contributed by atoms with E-state index in [2.05, 4.69) is 20.8 Å². The van der Waals surface area contributed by atoms with Crippen molar-refractivity contribution in [2.24, 2.45) is 11.8 Å². The Balaban J connectivity index is 1.31. The highest BCUT2D eigenvalue weighted by Gasteiger charge is 2.82. The number of unbranched alkanes of at least 4 members (excludes halogenated alkanes) is 9. The van der Waals surface area contributed by atoms with Gasteiger partial charge in [-0.05, 0) is 91.1 Å². The molecule has 306 valence electrons. The molecule has 0 aliphatic carbocycles. The molecule has 3 fully saturated rings. The van der Waals surface area contributed by atoms with Crippen LogP contribution >= 0.6 is 11.8 Å². The van der Waals surface area contributed by atoms with Gasteiger partial charge in [-0.3, -0.25) is 19.3 Å². The number of hydrogen-bond acceptors (Lipinski definition) is 7. The Morgan fingerprint density at radius 1 is 0.500 bits per heavy atom. The first-order valence-corrected chi connectivity index (χ1v) is 22.4. The lowest BCUT2D eigenvalue weighted by atomic mass is 9.69. The summed E-state index contributed by atoms with van der Waals surface area (Å²) in [6, 6.07) is 32.1. The molecule has 4 aromatic carbocycles. The van der Waals surface area contributed by atoms with E-state index < -0.39 is 21.5 Å². The number of carbonyl (C=O) groups excluding carboxylic acids is 3. The molecule has 9 heteroatoms. The Bertz CT molecular complexity index is 1990. The van der Waals surface area contributed by atoms with Crippen LogP contribution in [0.25, 0.3) is 0 Å². The predicted molar refractivity (Wildman–Crippen MR) is 233 cm³/mol. The van der Waals surface area contributed by atoms with Crippen molar-refractivity contribution >= 4 is 40.9 Å². The van der Waals surface area contributed by atoms with Crippen molar-refractivity contribution in [3.05, 3.63) is 114 Å². The molecule has 4 atom stereocenters. The molecule has 0 spiro atoms. The zero-order valence-electron chi connectivity index (χ0n) is 34.3. The third-order valence-corrected chi connectivity index (χ3v) is 13.8. The van der Waals surface area contributed by atoms with Crippen LogP contribution in [0.3, 0.4) is 0 Å². The molecule has 3 heterocycles. The maximum Gasteiger partial charge on any atom is 0.250 e. The fourth-order valence-electron chi connectivity index (χ4n) is 8.83. The van der Waals surface area contributed by atoms with Crippen molar-refractivity contribution in [3.8, 4) is 17.2 Å². The van der Waals surface area contributed by atoms with Gasteiger partial charge in [0.15, 0.2) is 0 Å². The van der Waals surface area contributed by atoms with Crippen LogP contribution in [0.2, 0.25) is 0 Å². The van der Waals surface area contributed by atoms with E-state index in [-0.39, 0.29) is 17.7 Å². The van der Waals surface area contributed by atoms with Crippen molar-refractivity contribution in [2.75, 3.05) is 29.6 Å². The van der Waals surface area contributed by atoms with Gasteiger partial charge >= 0.3 is 0 Å². The van der Waals surface area contributed by atoms with Crippen LogP contribution < -0.4 is 24.0 Å². The first-order valence-electron chi connectivity index (χ1n) is 21.6. The van der Waals surface area contributed by atoms with Crippen LogP contribution in [0.15, 0.2) is 103 Å². The zero-order valence-corrected chi connectivity index (χ0v) is 35.1. The van der Waals surface area contributed by atoms with Crippen molar-refractivity contribution in [2.45, 2.75) is 107 Å². The fourth-order valence-corrected chi connectivity index (χ4v) is 11.0. The number of amides is 3. The van der Waals surface area contributed by atoms with Gasteiger partial charge in [0.25, 0.3) is 0 Å². The Labute approximate surface area is 348 Å². The highest BCUT2D eigenvalue weighted by molar-refractivity contribution is 8.03. The standard InChI is InChI=1S/C49H58N2O6S/c1-4-7-10-16-33-55-40-27-21-36(22-28-40)48-43-44(46(53)50(45(43)52)38-19-14-13-15-20-38)49(58-48,37-23-29-41(30-24-37)56-34-17-11-8-5-2)51(47(48)54)39-25-31-42(32-26-39)57-35-18-12-9-6-3/h13-15,19-32,43-44H,4-12,16-18,33-35H2,1-3H3/t43?,44?,48-,49+/m0/s1. The van der Waals surface area contributed by atoms with Gasteiger partial charge in [0, 0.05) is 5.69 Å². The summed E-state index contributed by atoms with van der Waals surface area (Å²) in [5.41, 5.74) is 2.57. The number of benzene rings is 4. The monoisotopic (exact) mass is 802 g/mol. The summed E-state index contributed by atoms with van der Waals surface area (Å²) in [6.45, 7) is 8.40. The maximum absolute atomic E-state index is 15.7. The average molecular weight is 803 g/mol. The minimum atomic E-state index is -1.40. The molecule has 3 aliphatic rings. The second kappa shape index (κ2) is 18.9. The van der Waals surface area contributed by atoms with Crippen molar-refractivity contribution in [3.63, 3.8) is 0 Å². The van der Waals surface area contributed by atoms with Crippen molar-refractivity contribution in [1.82, 2.24) is 0 Å². The molecule has 58 heavy (non-hydrogen) atoms. The molecule has 0 saturated carbocycles. The van der Waals surface area contributed by atoms with E-state index in [1.807, 2.05) is 91.0 Å². The molecule has 0 aromatic heterocycles. The number of piperidine rings is 1. The predicted octanol–water partition coefficient (Wildman–Crippen LogP) is 11.2. The number of nitrogens with zero attached hydrogens (tertiary/aromatic N) is 2. The van der Waals surface area contributed by atoms with E-state index >= 15 is 9.59 Å². The summed E-state index contributed by atoms with van der Waals surface area (Å²) in [4.78, 5) is 47.5. The SMILES string of the molecule is CCCCCCOc1ccc(N2C(=O)[C@@]3(c4ccc(OCCCCCC)cc4)S[C@]2(c2ccc(OCCCCCC)cc2)C2C(=O)N(c4ccccc4)C(=O)C23)cc1. The van der Waals surface area contributed by atoms with Crippen LogP contribution in [0.4, 0.5) is 11.4 Å². The normalized spacial score (nSPS) is 22.2. The van der Waals surface area contributed by atoms with Gasteiger partial charge in [-0.2, -0.15) is 0 Å². The van der Waals surface area contributed by atoms with Gasteiger partial charge in [0.05, 0.1) is 37.3 Å². The van der Waals surface area contributed by atoms with Crippen LogP contribution in [-0.4, -0.2) is 37.5 Å². The number of carbonyl (C=O) groups is 3. The highest BCUT2D eigenvalue weighted by Crippen LogP contribution is 2.75. The largest absolute Gasteiger partial charge is 0.494 e. The molecule has 0 radical (unpaired) electrons. The Morgan fingerprint density at radius 2 is 0.948 bits per heavy atom. The number of rotatable bonds is 22. The third kappa shape index (κ3) is 7.86. The summed E-state index contributed by atoms with van der Waals surface area (Å²) in [5, 5.41) is 0. The van der Waals surface area contributed by atoms with Gasteiger partial charge in [0.2, 0.25) is 17.7 Å². The van der Waals surface area contributed by atoms with Gasteiger partial charge < -0.3 is 14.2 Å². The van der Waals surface area contributed by atoms with E-state index in [4.69, 9.17) is 14.2 Å². The minimum Gasteiger partial charge on any atom is -0.494 e. The number of anilines is 2. The molecular formula is C49H58N2O6S. The number of ether oxygens (including phenoxy) is 3. The average Bonchev–Trinajstić information content (AvgIpc) is 3.83. The zero-order chi connectivity index (χ0) is 40.5. The number of thioether (sulfide) groups is 1. The van der Waals surface area contributed by atoms with E-state index in [1.165, 1.54) is 35.9 Å². The van der Waals surface area contributed by atoms with Gasteiger partial charge in [-0.1, -0.05) is 121 Å². The number of para-hydroxylation sites is 1. The topological polar surface area (TPSA) is 85.4 Å². The number of hydrogen-bond donors (Lipinski definition) is 0. The number of fused-ring (bicyclic) bond motifs is 5. The first kappa shape index (κ1) is 41.4. The van der Waals surface area contributed by atoms with Crippen molar-refractivity contribution in [1.29, 1.82) is 0 Å². The minimum absolute atomic E-state index is 0.229. The summed E-state index contributed by atoms with van der Waals surface area (Å²) < 4.78 is 17.0. The van der Waals surface area contributed by atoms with Crippen LogP contribution in [-0.2, 0) is 24.0 Å². The molecule has 3 saturated heterocycles. The van der Waals surface area contributed by atoms with Crippen LogP contribution in [0.5, 0.6) is 17.2 Å². The Morgan fingerprint density at radius 3 is 1.43 bits per heavy atom. The molecule has 7 rings (SSSR count). The summed E-state index contributed by atoms with van der Waals surface area (Å²) in [5.74, 6) is -0.583. The van der Waals surface area contributed by atoms with Crippen molar-refractivity contribution < 1.29 is 28.6 Å². The Kier molecular flexibility index (Phi) is 13.5. The molecule has 3 amide bonds.